The molecule has 2 atom stereocenters. The molecule has 12 heavy (non-hydrogen) atoms. The van der Waals surface area contributed by atoms with Crippen LogP contribution < -0.4 is 0 Å². The summed E-state index contributed by atoms with van der Waals surface area (Å²) in [6.07, 6.45) is 1.74. The second kappa shape index (κ2) is 2.95. The fourth-order valence-corrected chi connectivity index (χ4v) is 3.55. The minimum atomic E-state index is -1.37. The van der Waals surface area contributed by atoms with E-state index in [-0.39, 0.29) is 0 Å². The van der Waals surface area contributed by atoms with E-state index < -0.39 is 19.7 Å². The largest absolute Gasteiger partial charge is 0.240 e. The van der Waals surface area contributed by atoms with Gasteiger partial charge in [-0.1, -0.05) is 18.2 Å². The van der Waals surface area contributed by atoms with E-state index in [0.717, 1.165) is 5.56 Å². The van der Waals surface area contributed by atoms with Crippen LogP contribution >= 0.6 is 0 Å². The minimum Gasteiger partial charge on any atom is -0.240 e. The van der Waals surface area contributed by atoms with Crippen LogP contribution in [0, 0.1) is 0 Å². The van der Waals surface area contributed by atoms with Crippen LogP contribution in [-0.4, -0.2) is 8.42 Å². The Morgan fingerprint density at radius 3 is 2.67 bits per heavy atom. The molecule has 0 radical (unpaired) electrons. The molecule has 62 valence electrons. The molecule has 2 rings (SSSR count). The van der Waals surface area contributed by atoms with Crippen molar-refractivity contribution in [3.05, 3.63) is 35.2 Å². The van der Waals surface area contributed by atoms with E-state index in [1.165, 1.54) is 5.41 Å². The molecule has 0 saturated heterocycles. The van der Waals surface area contributed by atoms with Crippen LogP contribution in [0.15, 0.2) is 34.6 Å². The Hall–Kier alpha value is -0.740. The molecule has 2 nitrogen and oxygen atoms in total. The second-order valence-electron chi connectivity index (χ2n) is 2.34. The van der Waals surface area contributed by atoms with Crippen LogP contribution in [-0.2, 0) is 19.7 Å². The molecule has 0 fully saturated rings. The van der Waals surface area contributed by atoms with Gasteiger partial charge in [-0.2, -0.15) is 0 Å². The van der Waals surface area contributed by atoms with Crippen molar-refractivity contribution in [3.8, 4) is 0 Å². The van der Waals surface area contributed by atoms with Gasteiger partial charge in [0.2, 0.25) is 0 Å². The van der Waals surface area contributed by atoms with Crippen molar-refractivity contribution < 1.29 is 8.42 Å². The molecule has 1 aromatic carbocycles. The quantitative estimate of drug-likeness (QED) is 0.591. The van der Waals surface area contributed by atoms with Gasteiger partial charge >= 0.3 is 0 Å². The van der Waals surface area contributed by atoms with Gasteiger partial charge in [0.1, 0.15) is 19.7 Å². The maximum absolute atomic E-state index is 11.4. The Kier molecular flexibility index (Phi) is 1.94. The molecule has 0 aromatic heterocycles. The normalized spacial score (nSPS) is 26.7. The van der Waals surface area contributed by atoms with Crippen molar-refractivity contribution in [2.24, 2.45) is 0 Å². The van der Waals surface area contributed by atoms with Crippen molar-refractivity contribution >= 4 is 25.7 Å². The highest BCUT2D eigenvalue weighted by molar-refractivity contribution is 8.62. The molecule has 0 aliphatic carbocycles. The Labute approximate surface area is 74.6 Å². The lowest BCUT2D eigenvalue weighted by atomic mass is 10.2. The van der Waals surface area contributed by atoms with Gasteiger partial charge in [0.15, 0.2) is 0 Å². The summed E-state index contributed by atoms with van der Waals surface area (Å²) in [4.78, 5) is 0.665. The molecular formula is C8H6O2S2. The average molecular weight is 198 g/mol. The van der Waals surface area contributed by atoms with E-state index in [0.29, 0.717) is 4.90 Å². The predicted molar refractivity (Wildman–Crippen MR) is 50.0 cm³/mol. The van der Waals surface area contributed by atoms with E-state index in [1.807, 2.05) is 12.1 Å². The lowest BCUT2D eigenvalue weighted by Gasteiger charge is -2.07. The Morgan fingerprint density at radius 2 is 1.83 bits per heavy atom. The maximum Gasteiger partial charge on any atom is 0.148 e. The van der Waals surface area contributed by atoms with Gasteiger partial charge in [0.05, 0.1) is 4.90 Å². The molecule has 2 unspecified atom stereocenters. The van der Waals surface area contributed by atoms with E-state index in [9.17, 15) is 8.42 Å². The zero-order valence-electron chi connectivity index (χ0n) is 6.10. The van der Waals surface area contributed by atoms with Gasteiger partial charge in [-0.15, -0.1) is 0 Å². The monoisotopic (exact) mass is 198 g/mol. The summed E-state index contributed by atoms with van der Waals surface area (Å²) in [6, 6.07) is 7.27. The van der Waals surface area contributed by atoms with Gasteiger partial charge in [0, 0.05) is 5.41 Å². The summed E-state index contributed by atoms with van der Waals surface area (Å²) in [5.74, 6) is 0. The standard InChI is InChI=1S/C8H6O2S2/c9-11-6-5-7-3-1-2-4-8(7)12(11)10/h1-6H. The summed E-state index contributed by atoms with van der Waals surface area (Å²) in [5.41, 5.74) is 0.899. The Bertz CT molecular complexity index is 396. The first kappa shape index (κ1) is 7.89. The third-order valence-electron chi connectivity index (χ3n) is 1.61. The van der Waals surface area contributed by atoms with Crippen molar-refractivity contribution in [1.82, 2.24) is 0 Å². The highest BCUT2D eigenvalue weighted by Gasteiger charge is 2.16. The third kappa shape index (κ3) is 1.17. The van der Waals surface area contributed by atoms with Crippen LogP contribution in [0.25, 0.3) is 6.08 Å². The lowest BCUT2D eigenvalue weighted by Crippen LogP contribution is -2.03. The molecule has 0 bridgehead atoms. The zero-order chi connectivity index (χ0) is 8.55. The third-order valence-corrected chi connectivity index (χ3v) is 4.76. The van der Waals surface area contributed by atoms with E-state index >= 15 is 0 Å². The van der Waals surface area contributed by atoms with E-state index in [4.69, 9.17) is 0 Å². The number of hydrogen-bond donors (Lipinski definition) is 0. The number of benzene rings is 1. The maximum atomic E-state index is 11.4. The van der Waals surface area contributed by atoms with Crippen LogP contribution in [0.4, 0.5) is 0 Å². The average Bonchev–Trinajstić information content (AvgIpc) is 2.12. The second-order valence-corrected chi connectivity index (χ2v) is 5.93. The highest BCUT2D eigenvalue weighted by atomic mass is 33.1. The van der Waals surface area contributed by atoms with Crippen LogP contribution in [0.3, 0.4) is 0 Å². The molecule has 0 spiro atoms. The summed E-state index contributed by atoms with van der Waals surface area (Å²) in [7, 11) is -2.73. The Balaban J connectivity index is 2.67. The number of hydrogen-bond acceptors (Lipinski definition) is 2. The molecule has 1 aliphatic rings. The summed E-state index contributed by atoms with van der Waals surface area (Å²) in [5, 5.41) is 1.47. The van der Waals surface area contributed by atoms with Crippen molar-refractivity contribution in [3.63, 3.8) is 0 Å². The molecule has 1 aliphatic heterocycles. The zero-order valence-corrected chi connectivity index (χ0v) is 7.73. The van der Waals surface area contributed by atoms with Crippen LogP contribution in [0.1, 0.15) is 5.56 Å². The van der Waals surface area contributed by atoms with Crippen LogP contribution in [0.2, 0.25) is 0 Å². The van der Waals surface area contributed by atoms with Gasteiger partial charge in [-0.25, -0.2) is 8.42 Å². The first-order valence-electron chi connectivity index (χ1n) is 3.39. The lowest BCUT2D eigenvalue weighted by molar-refractivity contribution is 0.679. The first-order valence-corrected chi connectivity index (χ1v) is 6.27. The van der Waals surface area contributed by atoms with Crippen molar-refractivity contribution in [2.75, 3.05) is 0 Å². The van der Waals surface area contributed by atoms with E-state index in [1.54, 1.807) is 18.2 Å². The first-order chi connectivity index (χ1) is 5.79. The highest BCUT2D eigenvalue weighted by Crippen LogP contribution is 2.22. The molecular weight excluding hydrogens is 192 g/mol. The molecule has 4 heteroatoms. The SMILES string of the molecule is O=S1C=Cc2ccccc2S1=O. The Morgan fingerprint density at radius 1 is 1.08 bits per heavy atom. The van der Waals surface area contributed by atoms with Gasteiger partial charge in [0.25, 0.3) is 0 Å². The van der Waals surface area contributed by atoms with E-state index in [2.05, 4.69) is 0 Å². The summed E-state index contributed by atoms with van der Waals surface area (Å²) >= 11 is 0. The van der Waals surface area contributed by atoms with Gasteiger partial charge < -0.3 is 0 Å². The predicted octanol–water partition coefficient (Wildman–Crippen LogP) is 1.44. The smallest absolute Gasteiger partial charge is 0.148 e. The topological polar surface area (TPSA) is 34.1 Å². The van der Waals surface area contributed by atoms with Gasteiger partial charge in [-0.05, 0) is 17.7 Å². The molecule has 0 N–H and O–H groups in total. The fraction of sp³-hybridized carbons (Fsp3) is 0. The molecule has 0 saturated carbocycles. The van der Waals surface area contributed by atoms with Crippen molar-refractivity contribution in [1.29, 1.82) is 0 Å². The summed E-state index contributed by atoms with van der Waals surface area (Å²) in [6.45, 7) is 0. The molecule has 1 heterocycles. The van der Waals surface area contributed by atoms with Crippen molar-refractivity contribution in [2.45, 2.75) is 4.90 Å². The minimum absolute atomic E-state index is 0.665. The molecule has 1 aromatic rings. The van der Waals surface area contributed by atoms with Crippen LogP contribution in [0.5, 0.6) is 0 Å². The fourth-order valence-electron chi connectivity index (χ4n) is 1.04. The number of rotatable bonds is 0. The summed E-state index contributed by atoms with van der Waals surface area (Å²) < 4.78 is 22.5. The molecule has 0 amide bonds. The van der Waals surface area contributed by atoms with Gasteiger partial charge in [-0.3, -0.25) is 0 Å². The number of fused-ring (bicyclic) bond motifs is 1.